The minimum absolute atomic E-state index is 0.0699. The summed E-state index contributed by atoms with van der Waals surface area (Å²) in [6.07, 6.45) is 2.22. The first-order valence-electron chi connectivity index (χ1n) is 10.7. The fourth-order valence-electron chi connectivity index (χ4n) is 4.16. The average molecular weight is 553 g/mol. The van der Waals surface area contributed by atoms with Crippen LogP contribution < -0.4 is 10.2 Å². The summed E-state index contributed by atoms with van der Waals surface area (Å²) in [4.78, 5) is 39.6. The van der Waals surface area contributed by atoms with E-state index >= 15 is 0 Å². The van der Waals surface area contributed by atoms with Crippen LogP contribution in [0.15, 0.2) is 54.1 Å². The number of hydrogen-bond acceptors (Lipinski definition) is 3. The molecule has 1 fully saturated rings. The van der Waals surface area contributed by atoms with Crippen molar-refractivity contribution >= 4 is 52.2 Å². The van der Waals surface area contributed by atoms with Crippen molar-refractivity contribution < 1.29 is 14.4 Å². The Morgan fingerprint density at radius 1 is 1.00 bits per heavy atom. The van der Waals surface area contributed by atoms with Crippen LogP contribution in [0.25, 0.3) is 11.8 Å². The van der Waals surface area contributed by atoms with Crippen molar-refractivity contribution in [3.63, 3.8) is 0 Å². The predicted octanol–water partition coefficient (Wildman–Crippen LogP) is 5.24. The fourth-order valence-corrected chi connectivity index (χ4v) is 4.49. The highest BCUT2D eigenvalue weighted by Crippen LogP contribution is 2.28. The number of carbonyl (C=O) groups excluding carboxylic acids is 3. The van der Waals surface area contributed by atoms with Crippen LogP contribution in [0.3, 0.4) is 0 Å². The third-order valence-corrected chi connectivity index (χ3v) is 7.10. The molecule has 0 bridgehead atoms. The van der Waals surface area contributed by atoms with Crippen molar-refractivity contribution in [3.8, 4) is 5.69 Å². The third kappa shape index (κ3) is 4.13. The minimum Gasteiger partial charge on any atom is -0.318 e. The molecule has 4 amide bonds. The van der Waals surface area contributed by atoms with Crippen LogP contribution in [0.4, 0.5) is 10.5 Å². The van der Waals surface area contributed by atoms with Crippen molar-refractivity contribution in [2.75, 3.05) is 4.90 Å². The highest BCUT2D eigenvalue weighted by Gasteiger charge is 2.37. The molecular formula is C26H24IN3O3. The van der Waals surface area contributed by atoms with Gasteiger partial charge in [0.15, 0.2) is 0 Å². The van der Waals surface area contributed by atoms with E-state index in [-0.39, 0.29) is 5.57 Å². The number of benzene rings is 2. The second kappa shape index (κ2) is 8.97. The van der Waals surface area contributed by atoms with Crippen LogP contribution >= 0.6 is 22.6 Å². The zero-order chi connectivity index (χ0) is 23.9. The number of halogens is 1. The van der Waals surface area contributed by atoms with Gasteiger partial charge < -0.3 is 4.57 Å². The molecule has 1 aliphatic rings. The Balaban J connectivity index is 1.78. The SMILES string of the molecule is CCc1ccccc1N1C(=O)NC(=O)/C(=C\c2cc(C)n(-c3ccc(I)c(C)c3)c2C)C1=O. The summed E-state index contributed by atoms with van der Waals surface area (Å²) >= 11 is 2.30. The number of carbonyl (C=O) groups is 3. The van der Waals surface area contributed by atoms with Crippen molar-refractivity contribution in [1.82, 2.24) is 9.88 Å². The van der Waals surface area contributed by atoms with Crippen LogP contribution in [0.2, 0.25) is 0 Å². The van der Waals surface area contributed by atoms with Crippen LogP contribution in [0.1, 0.15) is 35.0 Å². The number of amides is 4. The van der Waals surface area contributed by atoms with E-state index in [0.29, 0.717) is 12.1 Å². The number of aromatic nitrogens is 1. The lowest BCUT2D eigenvalue weighted by Gasteiger charge is -2.28. The Bertz CT molecular complexity index is 1340. The number of nitrogens with one attached hydrogen (secondary N) is 1. The molecule has 0 saturated carbocycles. The Morgan fingerprint density at radius 2 is 1.73 bits per heavy atom. The van der Waals surface area contributed by atoms with Gasteiger partial charge >= 0.3 is 6.03 Å². The maximum absolute atomic E-state index is 13.3. The predicted molar refractivity (Wildman–Crippen MR) is 138 cm³/mol. The largest absolute Gasteiger partial charge is 0.335 e. The molecule has 3 aromatic rings. The molecular weight excluding hydrogens is 529 g/mol. The molecule has 0 radical (unpaired) electrons. The molecule has 6 nitrogen and oxygen atoms in total. The number of hydrogen-bond donors (Lipinski definition) is 1. The molecule has 1 N–H and O–H groups in total. The topological polar surface area (TPSA) is 71.4 Å². The lowest BCUT2D eigenvalue weighted by Crippen LogP contribution is -2.54. The van der Waals surface area contributed by atoms with Crippen LogP contribution in [0, 0.1) is 24.3 Å². The average Bonchev–Trinajstić information content (AvgIpc) is 3.06. The van der Waals surface area contributed by atoms with Crippen molar-refractivity contribution in [1.29, 1.82) is 0 Å². The van der Waals surface area contributed by atoms with Crippen molar-refractivity contribution in [2.24, 2.45) is 0 Å². The summed E-state index contributed by atoms with van der Waals surface area (Å²) in [5.41, 5.74) is 6.08. The fraction of sp³-hybridized carbons (Fsp3) is 0.192. The number of para-hydroxylation sites is 1. The number of imide groups is 2. The Hall–Kier alpha value is -3.20. The maximum atomic E-state index is 13.3. The summed E-state index contributed by atoms with van der Waals surface area (Å²) in [5, 5.41) is 2.32. The van der Waals surface area contributed by atoms with Crippen LogP contribution in [-0.4, -0.2) is 22.4 Å². The molecule has 7 heteroatoms. The second-order valence-electron chi connectivity index (χ2n) is 8.04. The van der Waals surface area contributed by atoms with Gasteiger partial charge in [0.1, 0.15) is 5.57 Å². The van der Waals surface area contributed by atoms with Gasteiger partial charge in [-0.05, 0) is 103 Å². The zero-order valence-electron chi connectivity index (χ0n) is 18.9. The molecule has 2 heterocycles. The van der Waals surface area contributed by atoms with Gasteiger partial charge in [-0.15, -0.1) is 0 Å². The molecule has 0 atom stereocenters. The van der Waals surface area contributed by atoms with Crippen LogP contribution in [0.5, 0.6) is 0 Å². The first kappa shape index (κ1) is 23.0. The van der Waals surface area contributed by atoms with Gasteiger partial charge in [-0.2, -0.15) is 0 Å². The lowest BCUT2D eigenvalue weighted by atomic mass is 10.0. The third-order valence-electron chi connectivity index (χ3n) is 5.88. The minimum atomic E-state index is -0.733. The summed E-state index contributed by atoms with van der Waals surface area (Å²) in [5.74, 6) is -1.32. The van der Waals surface area contributed by atoms with E-state index in [9.17, 15) is 14.4 Å². The van der Waals surface area contributed by atoms with E-state index in [4.69, 9.17) is 0 Å². The molecule has 1 saturated heterocycles. The van der Waals surface area contributed by atoms with Gasteiger partial charge in [0, 0.05) is 20.6 Å². The van der Waals surface area contributed by atoms with E-state index < -0.39 is 17.8 Å². The molecule has 2 aromatic carbocycles. The van der Waals surface area contributed by atoms with E-state index in [1.165, 1.54) is 9.13 Å². The number of aryl methyl sites for hydroxylation is 3. The van der Waals surface area contributed by atoms with Crippen molar-refractivity contribution in [3.05, 3.63) is 85.8 Å². The van der Waals surface area contributed by atoms with Gasteiger partial charge in [0.25, 0.3) is 11.8 Å². The van der Waals surface area contributed by atoms with Crippen molar-refractivity contribution in [2.45, 2.75) is 34.1 Å². The van der Waals surface area contributed by atoms with Gasteiger partial charge in [-0.1, -0.05) is 25.1 Å². The molecule has 1 aromatic heterocycles. The molecule has 33 heavy (non-hydrogen) atoms. The molecule has 0 unspecified atom stereocenters. The number of nitrogens with zero attached hydrogens (tertiary/aromatic N) is 2. The number of urea groups is 1. The summed E-state index contributed by atoms with van der Waals surface area (Å²) < 4.78 is 3.28. The molecule has 1 aliphatic heterocycles. The van der Waals surface area contributed by atoms with E-state index in [1.807, 2.05) is 45.0 Å². The van der Waals surface area contributed by atoms with E-state index in [0.717, 1.165) is 33.1 Å². The Kier molecular flexibility index (Phi) is 6.25. The van der Waals surface area contributed by atoms with Gasteiger partial charge in [-0.3, -0.25) is 14.9 Å². The molecule has 4 rings (SSSR count). The quantitative estimate of drug-likeness (QED) is 0.273. The molecule has 168 valence electrons. The summed E-state index contributed by atoms with van der Waals surface area (Å²) in [7, 11) is 0. The maximum Gasteiger partial charge on any atom is 0.335 e. The number of barbiturate groups is 1. The van der Waals surface area contributed by atoms with E-state index in [1.54, 1.807) is 18.2 Å². The highest BCUT2D eigenvalue weighted by molar-refractivity contribution is 14.1. The monoisotopic (exact) mass is 553 g/mol. The lowest BCUT2D eigenvalue weighted by molar-refractivity contribution is -0.122. The standard InChI is InChI=1S/C26H24IN3O3/c1-5-18-8-6-7-9-23(18)30-25(32)21(24(31)28-26(30)33)14-19-13-16(3)29(17(19)4)20-10-11-22(27)15(2)12-20/h6-14H,5H2,1-4H3,(H,28,31,33)/b21-14+. The first-order chi connectivity index (χ1) is 15.7. The normalized spacial score (nSPS) is 15.4. The summed E-state index contributed by atoms with van der Waals surface area (Å²) in [6.45, 7) is 7.95. The zero-order valence-corrected chi connectivity index (χ0v) is 21.1. The smallest absolute Gasteiger partial charge is 0.318 e. The van der Waals surface area contributed by atoms with Gasteiger partial charge in [0.05, 0.1) is 5.69 Å². The highest BCUT2D eigenvalue weighted by atomic mass is 127. The Labute approximate surface area is 206 Å². The molecule has 0 spiro atoms. The first-order valence-corrected chi connectivity index (χ1v) is 11.8. The summed E-state index contributed by atoms with van der Waals surface area (Å²) in [6, 6.07) is 14.6. The van der Waals surface area contributed by atoms with E-state index in [2.05, 4.69) is 51.5 Å². The molecule has 0 aliphatic carbocycles. The Morgan fingerprint density at radius 3 is 2.42 bits per heavy atom. The van der Waals surface area contributed by atoms with Gasteiger partial charge in [-0.25, -0.2) is 9.69 Å². The second-order valence-corrected chi connectivity index (χ2v) is 9.20. The van der Waals surface area contributed by atoms with Crippen LogP contribution in [-0.2, 0) is 16.0 Å². The number of anilines is 1. The van der Waals surface area contributed by atoms with Gasteiger partial charge in [0.2, 0.25) is 0 Å². The number of rotatable bonds is 4.